The third-order valence-corrected chi connectivity index (χ3v) is 4.37. The smallest absolute Gasteiger partial charge is 0.272 e. The minimum Gasteiger partial charge on any atom is -0.496 e. The van der Waals surface area contributed by atoms with Crippen molar-refractivity contribution < 1.29 is 9.53 Å². The van der Waals surface area contributed by atoms with Crippen LogP contribution < -0.4 is 15.4 Å². The van der Waals surface area contributed by atoms with Crippen LogP contribution in [0, 0.1) is 0 Å². The van der Waals surface area contributed by atoms with Crippen molar-refractivity contribution in [2.24, 2.45) is 0 Å². The predicted octanol–water partition coefficient (Wildman–Crippen LogP) is 2.40. The Kier molecular flexibility index (Phi) is 3.66. The molecule has 1 aliphatic rings. The summed E-state index contributed by atoms with van der Waals surface area (Å²) in [7, 11) is 1.63. The molecule has 0 unspecified atom stereocenters. The summed E-state index contributed by atoms with van der Waals surface area (Å²) in [6.07, 6.45) is 3.46. The van der Waals surface area contributed by atoms with Crippen molar-refractivity contribution in [3.05, 3.63) is 54.1 Å². The van der Waals surface area contributed by atoms with Gasteiger partial charge in [-0.1, -0.05) is 0 Å². The fourth-order valence-electron chi connectivity index (χ4n) is 3.17. The molecule has 6 heteroatoms. The highest BCUT2D eigenvalue weighted by molar-refractivity contribution is 6.09. The number of carbonyl (C=O) groups excluding carboxylic acids is 1. The average molecular weight is 322 g/mol. The minimum absolute atomic E-state index is 0.113. The molecule has 0 saturated heterocycles. The molecule has 0 bridgehead atoms. The summed E-state index contributed by atoms with van der Waals surface area (Å²) in [5.74, 6) is 0.648. The number of hydrogen-bond donors (Lipinski definition) is 2. The van der Waals surface area contributed by atoms with E-state index in [4.69, 9.17) is 4.74 Å². The summed E-state index contributed by atoms with van der Waals surface area (Å²) in [6.45, 7) is 2.47. The normalized spacial score (nSPS) is 13.5. The Hall–Kier alpha value is -2.86. The summed E-state index contributed by atoms with van der Waals surface area (Å²) in [4.78, 5) is 16.9. The van der Waals surface area contributed by atoms with Gasteiger partial charge in [0.05, 0.1) is 12.8 Å². The van der Waals surface area contributed by atoms with Crippen LogP contribution >= 0.6 is 0 Å². The molecule has 3 aromatic rings. The topological polar surface area (TPSA) is 68.2 Å². The van der Waals surface area contributed by atoms with Gasteiger partial charge in [-0.15, -0.1) is 0 Å². The van der Waals surface area contributed by atoms with E-state index in [-0.39, 0.29) is 5.91 Å². The van der Waals surface area contributed by atoms with E-state index >= 15 is 0 Å². The van der Waals surface area contributed by atoms with E-state index in [2.05, 4.69) is 20.2 Å². The summed E-state index contributed by atoms with van der Waals surface area (Å²) >= 11 is 0. The van der Waals surface area contributed by atoms with Crippen LogP contribution in [0.25, 0.3) is 10.8 Å². The van der Waals surface area contributed by atoms with Crippen LogP contribution in [0.2, 0.25) is 0 Å². The first-order chi connectivity index (χ1) is 11.8. The summed E-state index contributed by atoms with van der Waals surface area (Å²) in [5.41, 5.74) is 2.54. The zero-order chi connectivity index (χ0) is 16.5. The van der Waals surface area contributed by atoms with Gasteiger partial charge in [-0.2, -0.15) is 0 Å². The van der Waals surface area contributed by atoms with Crippen LogP contribution in [0.1, 0.15) is 16.2 Å². The van der Waals surface area contributed by atoms with Crippen molar-refractivity contribution in [2.45, 2.75) is 13.1 Å². The Morgan fingerprint density at radius 3 is 3.04 bits per heavy atom. The molecule has 0 fully saturated rings. The lowest BCUT2D eigenvalue weighted by atomic mass is 10.1. The summed E-state index contributed by atoms with van der Waals surface area (Å²) in [5, 5.41) is 8.10. The van der Waals surface area contributed by atoms with Crippen molar-refractivity contribution in [3.8, 4) is 5.75 Å². The number of carbonyl (C=O) groups is 1. The maximum Gasteiger partial charge on any atom is 0.272 e. The summed E-state index contributed by atoms with van der Waals surface area (Å²) < 4.78 is 7.45. The first kappa shape index (κ1) is 14.7. The molecule has 2 N–H and O–H groups in total. The highest BCUT2D eigenvalue weighted by atomic mass is 16.5. The van der Waals surface area contributed by atoms with E-state index in [9.17, 15) is 4.79 Å². The highest BCUT2D eigenvalue weighted by Gasteiger charge is 2.18. The van der Waals surface area contributed by atoms with Gasteiger partial charge >= 0.3 is 0 Å². The molecule has 1 aromatic carbocycles. The van der Waals surface area contributed by atoms with Crippen LogP contribution in [0.3, 0.4) is 0 Å². The number of fused-ring (bicyclic) bond motifs is 2. The number of anilines is 1. The molecule has 0 aliphatic carbocycles. The molecule has 1 amide bonds. The van der Waals surface area contributed by atoms with Gasteiger partial charge in [0.25, 0.3) is 5.91 Å². The molecule has 0 radical (unpaired) electrons. The number of rotatable bonds is 3. The highest BCUT2D eigenvalue weighted by Crippen LogP contribution is 2.31. The number of pyridine rings is 1. The van der Waals surface area contributed by atoms with Crippen molar-refractivity contribution in [1.29, 1.82) is 0 Å². The number of methoxy groups -OCH3 is 1. The number of aromatic nitrogens is 2. The van der Waals surface area contributed by atoms with Gasteiger partial charge in [-0.25, -0.2) is 0 Å². The Bertz CT molecular complexity index is 917. The molecule has 3 heterocycles. The molecular weight excluding hydrogens is 304 g/mol. The van der Waals surface area contributed by atoms with Gasteiger partial charge < -0.3 is 19.9 Å². The Morgan fingerprint density at radius 2 is 2.17 bits per heavy atom. The Labute approximate surface area is 139 Å². The predicted molar refractivity (Wildman–Crippen MR) is 92.4 cm³/mol. The van der Waals surface area contributed by atoms with Crippen molar-refractivity contribution in [3.63, 3.8) is 0 Å². The molecule has 24 heavy (non-hydrogen) atoms. The summed E-state index contributed by atoms with van der Waals surface area (Å²) in [6, 6.07) is 9.46. The third kappa shape index (κ3) is 2.41. The molecule has 122 valence electrons. The van der Waals surface area contributed by atoms with Gasteiger partial charge in [0.15, 0.2) is 0 Å². The van der Waals surface area contributed by atoms with E-state index in [1.807, 2.05) is 30.3 Å². The van der Waals surface area contributed by atoms with Crippen molar-refractivity contribution in [2.75, 3.05) is 19.0 Å². The fraction of sp³-hybridized carbons (Fsp3) is 0.222. The van der Waals surface area contributed by atoms with Gasteiger partial charge in [-0.05, 0) is 30.3 Å². The Balaban J connectivity index is 1.70. The number of benzene rings is 1. The lowest BCUT2D eigenvalue weighted by Crippen LogP contribution is -2.30. The lowest BCUT2D eigenvalue weighted by Gasteiger charge is -2.19. The molecule has 0 spiro atoms. The second-order valence-electron chi connectivity index (χ2n) is 5.73. The van der Waals surface area contributed by atoms with Crippen molar-refractivity contribution >= 4 is 22.4 Å². The number of ether oxygens (including phenoxy) is 1. The third-order valence-electron chi connectivity index (χ3n) is 4.37. The minimum atomic E-state index is -0.113. The van der Waals surface area contributed by atoms with Gasteiger partial charge in [0.2, 0.25) is 0 Å². The van der Waals surface area contributed by atoms with E-state index < -0.39 is 0 Å². The zero-order valence-electron chi connectivity index (χ0n) is 13.4. The van der Waals surface area contributed by atoms with Crippen LogP contribution in [-0.2, 0) is 13.1 Å². The monoisotopic (exact) mass is 322 g/mol. The molecule has 6 nitrogen and oxygen atoms in total. The Morgan fingerprint density at radius 1 is 1.25 bits per heavy atom. The second kappa shape index (κ2) is 5.98. The number of nitrogens with one attached hydrogen (secondary N) is 2. The standard InChI is InChI=1S/C18H18N4O2/c1-24-17-5-3-15(14-11-19-7-6-13(14)17)21-18(23)16-4-2-12-10-20-8-9-22(12)16/h2-7,11,20H,8-10H2,1H3,(H,21,23). The number of hydrogen-bond acceptors (Lipinski definition) is 4. The quantitative estimate of drug-likeness (QED) is 0.777. The van der Waals surface area contributed by atoms with E-state index in [0.717, 1.165) is 47.5 Å². The maximum absolute atomic E-state index is 12.7. The first-order valence-corrected chi connectivity index (χ1v) is 7.89. The zero-order valence-corrected chi connectivity index (χ0v) is 13.4. The molecule has 2 aromatic heterocycles. The lowest BCUT2D eigenvalue weighted by molar-refractivity contribution is 0.101. The van der Waals surface area contributed by atoms with E-state index in [1.54, 1.807) is 19.5 Å². The van der Waals surface area contributed by atoms with Crippen LogP contribution in [0.5, 0.6) is 5.75 Å². The van der Waals surface area contributed by atoms with Crippen LogP contribution in [0.15, 0.2) is 42.7 Å². The first-order valence-electron chi connectivity index (χ1n) is 7.89. The fourth-order valence-corrected chi connectivity index (χ4v) is 3.17. The number of amides is 1. The van der Waals surface area contributed by atoms with E-state index in [0.29, 0.717) is 5.69 Å². The van der Waals surface area contributed by atoms with E-state index in [1.165, 1.54) is 0 Å². The molecule has 0 atom stereocenters. The van der Waals surface area contributed by atoms with Gasteiger partial charge in [0, 0.05) is 48.5 Å². The van der Waals surface area contributed by atoms with Crippen LogP contribution in [-0.4, -0.2) is 29.1 Å². The molecule has 0 saturated carbocycles. The molecule has 1 aliphatic heterocycles. The molecule has 4 rings (SSSR count). The van der Waals surface area contributed by atoms with Crippen molar-refractivity contribution in [1.82, 2.24) is 14.9 Å². The van der Waals surface area contributed by atoms with Crippen LogP contribution in [0.4, 0.5) is 5.69 Å². The largest absolute Gasteiger partial charge is 0.496 e. The number of nitrogens with zero attached hydrogens (tertiary/aromatic N) is 2. The maximum atomic E-state index is 12.7. The molecular formula is C18H18N4O2. The SMILES string of the molecule is COc1ccc(NC(=O)c2ccc3n2CCNC3)c2cnccc12. The second-order valence-corrected chi connectivity index (χ2v) is 5.73. The van der Waals surface area contributed by atoms with Gasteiger partial charge in [-0.3, -0.25) is 9.78 Å². The van der Waals surface area contributed by atoms with Gasteiger partial charge in [0.1, 0.15) is 11.4 Å². The average Bonchev–Trinajstić information content (AvgIpc) is 3.06.